The minimum absolute atomic E-state index is 0.117. The summed E-state index contributed by atoms with van der Waals surface area (Å²) in [5, 5.41) is 4.11. The van der Waals surface area contributed by atoms with Gasteiger partial charge in [0.25, 0.3) is 0 Å². The van der Waals surface area contributed by atoms with E-state index in [1.54, 1.807) is 22.1 Å². The first-order valence-corrected chi connectivity index (χ1v) is 7.99. The van der Waals surface area contributed by atoms with E-state index in [9.17, 15) is 13.6 Å². The van der Waals surface area contributed by atoms with Crippen molar-refractivity contribution in [3.8, 4) is 0 Å². The summed E-state index contributed by atoms with van der Waals surface area (Å²) in [6, 6.07) is 0. The number of alkyl halides is 2. The molecular weight excluding hydrogens is 318 g/mol. The largest absolute Gasteiger partial charge is 0.335 e. The monoisotopic (exact) mass is 336 g/mol. The van der Waals surface area contributed by atoms with E-state index in [4.69, 9.17) is 0 Å². The average Bonchev–Trinajstić information content (AvgIpc) is 3.13. The molecule has 0 N–H and O–H groups in total. The predicted molar refractivity (Wildman–Crippen MR) is 78.8 cm³/mol. The van der Waals surface area contributed by atoms with Crippen LogP contribution in [0.1, 0.15) is 18.7 Å². The van der Waals surface area contributed by atoms with Crippen LogP contribution in [0.15, 0.2) is 25.0 Å². The molecule has 24 heavy (non-hydrogen) atoms. The van der Waals surface area contributed by atoms with Crippen LogP contribution in [-0.2, 0) is 24.4 Å². The van der Waals surface area contributed by atoms with E-state index < -0.39 is 11.8 Å². The molecule has 0 aromatic carbocycles. The van der Waals surface area contributed by atoms with Gasteiger partial charge in [0.05, 0.1) is 6.54 Å². The maximum Gasteiger partial charge on any atom is 0.249 e. The number of hydrogen-bond acceptors (Lipinski definition) is 4. The molecule has 0 bridgehead atoms. The summed E-state index contributed by atoms with van der Waals surface area (Å²) in [4.78, 5) is 22.5. The van der Waals surface area contributed by atoms with Gasteiger partial charge in [-0.2, -0.15) is 5.10 Å². The molecule has 128 valence electrons. The number of fused-ring (bicyclic) bond motifs is 1. The standard InChI is InChI=1S/C15H18F2N6O/c16-15(17)3-12(4-15)14(24)22-6-11(7-23-10-18-9-20-23)5-21-2-1-19-13(21)8-22/h1-2,9-12H,3-8H2. The van der Waals surface area contributed by atoms with Crippen LogP contribution in [0.25, 0.3) is 0 Å². The van der Waals surface area contributed by atoms with Gasteiger partial charge in [0.15, 0.2) is 0 Å². The van der Waals surface area contributed by atoms with Crippen molar-refractivity contribution in [2.45, 2.75) is 38.4 Å². The van der Waals surface area contributed by atoms with Crippen LogP contribution in [0.3, 0.4) is 0 Å². The van der Waals surface area contributed by atoms with Gasteiger partial charge >= 0.3 is 0 Å². The first kappa shape index (κ1) is 15.2. The number of nitrogens with zero attached hydrogens (tertiary/aromatic N) is 6. The topological polar surface area (TPSA) is 68.8 Å². The molecule has 1 fully saturated rings. The van der Waals surface area contributed by atoms with Gasteiger partial charge in [-0.25, -0.2) is 18.7 Å². The second-order valence-electron chi connectivity index (χ2n) is 6.66. The van der Waals surface area contributed by atoms with E-state index >= 15 is 0 Å². The number of carbonyl (C=O) groups excluding carboxylic acids is 1. The Morgan fingerprint density at radius 1 is 1.33 bits per heavy atom. The van der Waals surface area contributed by atoms with Crippen molar-refractivity contribution in [1.82, 2.24) is 29.2 Å². The van der Waals surface area contributed by atoms with Crippen molar-refractivity contribution in [2.24, 2.45) is 11.8 Å². The summed E-state index contributed by atoms with van der Waals surface area (Å²) in [7, 11) is 0. The van der Waals surface area contributed by atoms with Crippen LogP contribution >= 0.6 is 0 Å². The molecule has 2 aromatic rings. The quantitative estimate of drug-likeness (QED) is 0.844. The molecule has 1 unspecified atom stereocenters. The van der Waals surface area contributed by atoms with Gasteiger partial charge in [0.1, 0.15) is 18.5 Å². The number of halogens is 2. The van der Waals surface area contributed by atoms with Gasteiger partial charge in [-0.3, -0.25) is 9.48 Å². The Labute approximate surface area is 137 Å². The van der Waals surface area contributed by atoms with Gasteiger partial charge < -0.3 is 9.47 Å². The van der Waals surface area contributed by atoms with E-state index in [2.05, 4.69) is 15.1 Å². The molecule has 1 aliphatic carbocycles. The summed E-state index contributed by atoms with van der Waals surface area (Å²) in [6.07, 6.45) is 6.01. The van der Waals surface area contributed by atoms with Gasteiger partial charge in [0, 0.05) is 56.7 Å². The van der Waals surface area contributed by atoms with Gasteiger partial charge in [-0.05, 0) is 0 Å². The minimum atomic E-state index is -2.69. The molecule has 0 spiro atoms. The van der Waals surface area contributed by atoms with Gasteiger partial charge in [0.2, 0.25) is 11.8 Å². The lowest BCUT2D eigenvalue weighted by Gasteiger charge is -2.37. The van der Waals surface area contributed by atoms with E-state index in [0.29, 0.717) is 26.2 Å². The second-order valence-corrected chi connectivity index (χ2v) is 6.66. The first-order valence-electron chi connectivity index (χ1n) is 7.99. The van der Waals surface area contributed by atoms with Crippen LogP contribution in [0.4, 0.5) is 8.78 Å². The van der Waals surface area contributed by atoms with Crippen molar-refractivity contribution in [3.63, 3.8) is 0 Å². The number of aromatic nitrogens is 5. The summed E-state index contributed by atoms with van der Waals surface area (Å²) in [5.41, 5.74) is 0. The van der Waals surface area contributed by atoms with E-state index in [1.807, 2.05) is 10.8 Å². The fourth-order valence-corrected chi connectivity index (χ4v) is 3.51. The Balaban J connectivity index is 1.52. The molecule has 1 aliphatic heterocycles. The molecule has 1 atom stereocenters. The van der Waals surface area contributed by atoms with Gasteiger partial charge in [-0.1, -0.05) is 0 Å². The number of rotatable bonds is 3. The third-order valence-electron chi connectivity index (χ3n) is 4.73. The maximum absolute atomic E-state index is 13.1. The van der Waals surface area contributed by atoms with Crippen molar-refractivity contribution < 1.29 is 13.6 Å². The summed E-state index contributed by atoms with van der Waals surface area (Å²) < 4.78 is 30.0. The van der Waals surface area contributed by atoms with Crippen LogP contribution in [-0.4, -0.2) is 47.6 Å². The molecule has 7 nitrogen and oxygen atoms in total. The molecular formula is C15H18F2N6O. The van der Waals surface area contributed by atoms with E-state index in [1.165, 1.54) is 6.33 Å². The Morgan fingerprint density at radius 3 is 2.88 bits per heavy atom. The fraction of sp³-hybridized carbons (Fsp3) is 0.600. The zero-order valence-corrected chi connectivity index (χ0v) is 13.1. The lowest BCUT2D eigenvalue weighted by atomic mass is 9.80. The Bertz CT molecular complexity index is 720. The van der Waals surface area contributed by atoms with Crippen molar-refractivity contribution in [1.29, 1.82) is 0 Å². The lowest BCUT2D eigenvalue weighted by Crippen LogP contribution is -2.47. The third-order valence-corrected chi connectivity index (χ3v) is 4.73. The summed E-state index contributed by atoms with van der Waals surface area (Å²) in [6.45, 7) is 2.19. The molecule has 9 heteroatoms. The number of hydrogen-bond donors (Lipinski definition) is 0. The molecule has 2 aromatic heterocycles. The number of amides is 1. The first-order chi connectivity index (χ1) is 11.5. The summed E-state index contributed by atoms with van der Waals surface area (Å²) >= 11 is 0. The van der Waals surface area contributed by atoms with Crippen LogP contribution in [0.5, 0.6) is 0 Å². The molecule has 0 saturated heterocycles. The van der Waals surface area contributed by atoms with Crippen molar-refractivity contribution in [3.05, 3.63) is 30.9 Å². The van der Waals surface area contributed by atoms with E-state index in [-0.39, 0.29) is 24.7 Å². The van der Waals surface area contributed by atoms with Crippen LogP contribution in [0, 0.1) is 11.8 Å². The maximum atomic E-state index is 13.1. The van der Waals surface area contributed by atoms with Crippen molar-refractivity contribution in [2.75, 3.05) is 6.54 Å². The van der Waals surface area contributed by atoms with Gasteiger partial charge in [-0.15, -0.1) is 0 Å². The second kappa shape index (κ2) is 5.64. The Hall–Kier alpha value is -2.32. The Kier molecular flexibility index (Phi) is 3.58. The number of imidazole rings is 1. The minimum Gasteiger partial charge on any atom is -0.335 e. The van der Waals surface area contributed by atoms with Crippen LogP contribution in [0.2, 0.25) is 0 Å². The highest BCUT2D eigenvalue weighted by atomic mass is 19.3. The predicted octanol–water partition coefficient (Wildman–Crippen LogP) is 1.18. The number of carbonyl (C=O) groups is 1. The summed E-state index contributed by atoms with van der Waals surface area (Å²) in [5.74, 6) is -2.55. The smallest absolute Gasteiger partial charge is 0.249 e. The zero-order chi connectivity index (χ0) is 16.7. The van der Waals surface area contributed by atoms with E-state index in [0.717, 1.165) is 5.82 Å². The normalized spacial score (nSPS) is 23.4. The third kappa shape index (κ3) is 2.90. The molecule has 2 aliphatic rings. The Morgan fingerprint density at radius 2 is 2.17 bits per heavy atom. The molecule has 3 heterocycles. The van der Waals surface area contributed by atoms with Crippen LogP contribution < -0.4 is 0 Å². The SMILES string of the molecule is O=C(C1CC(F)(F)C1)N1Cc2nccn2CC(Cn2cncn2)C1. The molecule has 0 radical (unpaired) electrons. The molecule has 1 saturated carbocycles. The fourth-order valence-electron chi connectivity index (χ4n) is 3.51. The molecule has 4 rings (SSSR count). The highest BCUT2D eigenvalue weighted by molar-refractivity contribution is 5.80. The highest BCUT2D eigenvalue weighted by Gasteiger charge is 2.50. The zero-order valence-electron chi connectivity index (χ0n) is 13.1. The molecule has 1 amide bonds. The average molecular weight is 336 g/mol. The van der Waals surface area contributed by atoms with Crippen molar-refractivity contribution >= 4 is 5.91 Å². The highest BCUT2D eigenvalue weighted by Crippen LogP contribution is 2.43. The lowest BCUT2D eigenvalue weighted by molar-refractivity contribution is -0.160.